The molecular formula is C39H68N6O7S. The summed E-state index contributed by atoms with van der Waals surface area (Å²) < 4.78 is 6.22. The highest BCUT2D eigenvalue weighted by atomic mass is 32.2. The van der Waals surface area contributed by atoms with Gasteiger partial charge in [-0.3, -0.25) is 33.7 Å². The topological polar surface area (TPSA) is 166 Å². The van der Waals surface area contributed by atoms with Crippen LogP contribution in [-0.4, -0.2) is 123 Å². The average molecular weight is 765 g/mol. The summed E-state index contributed by atoms with van der Waals surface area (Å²) in [5.41, 5.74) is -1.22. The first-order valence-electron chi connectivity index (χ1n) is 19.7. The maximum absolute atomic E-state index is 14.4. The third-order valence-electron chi connectivity index (χ3n) is 10.3. The maximum atomic E-state index is 14.4. The van der Waals surface area contributed by atoms with E-state index in [2.05, 4.69) is 28.2 Å². The van der Waals surface area contributed by atoms with E-state index < -0.39 is 71.2 Å². The lowest BCUT2D eigenvalue weighted by molar-refractivity contribution is -0.142. The van der Waals surface area contributed by atoms with Crippen LogP contribution in [0.1, 0.15) is 127 Å². The number of ketones is 1. The molecule has 53 heavy (non-hydrogen) atoms. The van der Waals surface area contributed by atoms with E-state index >= 15 is 0 Å². The summed E-state index contributed by atoms with van der Waals surface area (Å²) in [5, 5.41) is 11.9. The largest absolute Gasteiger partial charge is 0.370 e. The quantitative estimate of drug-likeness (QED) is 0.183. The Balaban J connectivity index is 2.14. The summed E-state index contributed by atoms with van der Waals surface area (Å²) in [5.74, 6) is -2.32. The lowest BCUT2D eigenvalue weighted by atomic mass is 9.91. The number of rotatable bonds is 11. The van der Waals surface area contributed by atoms with Crippen molar-refractivity contribution < 1.29 is 33.5 Å². The number of hydrogen-bond acceptors (Lipinski definition) is 9. The van der Waals surface area contributed by atoms with Crippen molar-refractivity contribution in [3.05, 3.63) is 0 Å². The Labute approximate surface area is 322 Å². The lowest BCUT2D eigenvalue weighted by Gasteiger charge is -2.36. The van der Waals surface area contributed by atoms with Crippen molar-refractivity contribution in [1.82, 2.24) is 31.1 Å². The summed E-state index contributed by atoms with van der Waals surface area (Å²) >= 11 is 1.54. The van der Waals surface area contributed by atoms with Gasteiger partial charge in [0.05, 0.1) is 35.9 Å². The van der Waals surface area contributed by atoms with Crippen LogP contribution in [0.2, 0.25) is 0 Å². The van der Waals surface area contributed by atoms with Crippen molar-refractivity contribution in [3.8, 4) is 0 Å². The Bertz CT molecular complexity index is 1320. The highest BCUT2D eigenvalue weighted by Gasteiger charge is 2.60. The number of ether oxygens (including phenoxy) is 1. The van der Waals surface area contributed by atoms with Crippen LogP contribution in [0, 0.1) is 5.92 Å². The van der Waals surface area contributed by atoms with Gasteiger partial charge in [-0.15, -0.1) is 0 Å². The molecule has 3 aliphatic rings. The van der Waals surface area contributed by atoms with E-state index in [-0.39, 0.29) is 36.0 Å². The minimum atomic E-state index is -1.15. The average Bonchev–Trinajstić information content (AvgIpc) is 3.55. The lowest BCUT2D eigenvalue weighted by Crippen LogP contribution is -2.62. The third-order valence-corrected chi connectivity index (χ3v) is 11.0. The van der Waals surface area contributed by atoms with Crippen molar-refractivity contribution in [3.63, 3.8) is 0 Å². The summed E-state index contributed by atoms with van der Waals surface area (Å²) in [4.78, 5) is 88.4. The molecule has 14 heteroatoms. The molecule has 0 aliphatic carbocycles. The van der Waals surface area contributed by atoms with Gasteiger partial charge in [0, 0.05) is 17.9 Å². The Hall–Kier alpha value is -2.71. The molecule has 0 unspecified atom stereocenters. The molecule has 0 spiro atoms. The van der Waals surface area contributed by atoms with Gasteiger partial charge in [0.25, 0.3) is 0 Å². The van der Waals surface area contributed by atoms with Crippen LogP contribution in [0.25, 0.3) is 0 Å². The molecule has 3 heterocycles. The number of carbonyl (C=O) groups is 6. The van der Waals surface area contributed by atoms with E-state index in [1.54, 1.807) is 30.5 Å². The van der Waals surface area contributed by atoms with E-state index in [4.69, 9.17) is 4.74 Å². The second-order valence-electron chi connectivity index (χ2n) is 17.1. The number of amides is 5. The predicted molar refractivity (Wildman–Crippen MR) is 208 cm³/mol. The van der Waals surface area contributed by atoms with Crippen LogP contribution in [-0.2, 0) is 33.5 Å². The van der Waals surface area contributed by atoms with E-state index in [0.717, 1.165) is 19.3 Å². The molecule has 0 bridgehead atoms. The van der Waals surface area contributed by atoms with Crippen molar-refractivity contribution in [2.24, 2.45) is 5.92 Å². The molecule has 13 nitrogen and oxygen atoms in total. The first-order chi connectivity index (χ1) is 24.7. The minimum Gasteiger partial charge on any atom is -0.370 e. The van der Waals surface area contributed by atoms with E-state index in [0.29, 0.717) is 44.4 Å². The van der Waals surface area contributed by atoms with Gasteiger partial charge in [0.1, 0.15) is 18.1 Å². The van der Waals surface area contributed by atoms with Crippen molar-refractivity contribution >= 4 is 47.1 Å². The Morgan fingerprint density at radius 2 is 1.64 bits per heavy atom. The van der Waals surface area contributed by atoms with E-state index in [1.165, 1.54) is 0 Å². The molecule has 3 saturated heterocycles. The van der Waals surface area contributed by atoms with Crippen LogP contribution in [0.5, 0.6) is 0 Å². The van der Waals surface area contributed by atoms with Gasteiger partial charge in [-0.05, 0) is 106 Å². The number of unbranched alkanes of at least 4 members (excludes halogenated alkanes) is 2. The summed E-state index contributed by atoms with van der Waals surface area (Å²) in [7, 11) is 0. The zero-order chi connectivity index (χ0) is 39.8. The Kier molecular flexibility index (Phi) is 16.2. The van der Waals surface area contributed by atoms with Gasteiger partial charge in [0.15, 0.2) is 5.78 Å². The molecule has 5 amide bonds. The molecule has 0 aromatic carbocycles. The normalized spacial score (nSPS) is 30.3. The molecule has 3 aliphatic heterocycles. The zero-order valence-corrected chi connectivity index (χ0v) is 35.0. The molecule has 9 atom stereocenters. The number of Topliss-reactive ketones (excluding diaryl/α,β-unsaturated/α-hetero) is 1. The molecule has 3 fully saturated rings. The number of hydrogen-bond donors (Lipinski definition) is 4. The highest BCUT2D eigenvalue weighted by Crippen LogP contribution is 2.39. The Morgan fingerprint density at radius 3 is 2.23 bits per heavy atom. The van der Waals surface area contributed by atoms with E-state index in [1.807, 2.05) is 59.6 Å². The maximum Gasteiger partial charge on any atom is 0.245 e. The van der Waals surface area contributed by atoms with Gasteiger partial charge >= 0.3 is 0 Å². The van der Waals surface area contributed by atoms with Crippen LogP contribution >= 0.6 is 11.8 Å². The van der Waals surface area contributed by atoms with Crippen LogP contribution in [0.15, 0.2) is 0 Å². The molecular weight excluding hydrogens is 697 g/mol. The zero-order valence-electron chi connectivity index (χ0n) is 34.1. The summed E-state index contributed by atoms with van der Waals surface area (Å²) in [6, 6.07) is -5.34. The molecule has 0 aromatic heterocycles. The number of fused-ring (bicyclic) bond motifs is 2. The minimum absolute atomic E-state index is 0.100. The van der Waals surface area contributed by atoms with Crippen LogP contribution in [0.3, 0.4) is 0 Å². The van der Waals surface area contributed by atoms with Gasteiger partial charge in [-0.1, -0.05) is 33.1 Å². The van der Waals surface area contributed by atoms with Gasteiger partial charge < -0.3 is 30.9 Å². The molecule has 0 radical (unpaired) electrons. The van der Waals surface area contributed by atoms with Crippen molar-refractivity contribution in [2.75, 3.05) is 18.6 Å². The summed E-state index contributed by atoms with van der Waals surface area (Å²) in [6.45, 7) is 19.1. The SMILES string of the molecule is CCCCC[C@@H]1CC(=O)[C@H](CCSC)NC(=O)[C@H]([C@@H](C)OC(C)(C)C)NC(=O)[C@@H]2CCCN2[C@@H](C(=O)NC(C)(C)C)[C@@H]2[C@@H](CC)N2C(=O)[C@H](C)NC1=O. The standard InChI is InChI=1S/C39H68N6O7S/c1-12-14-15-17-25-22-29(46)26(19-21-53-11)41-35(49)30(24(4)52-39(8,9)10)42-34(48)28-18-16-20-44(28)32(36(50)43-38(5,6)7)31-27(13-2)45(31)37(51)23(3)40-33(25)47/h23-28,30-32H,12-22H2,1-11H3,(H,40,47)(H,41,49)(H,42,48)(H,43,50)/t23-,24+,25+,26-,27+,28-,30-,31-,32+,45?/m0/s1. The van der Waals surface area contributed by atoms with Gasteiger partial charge in [-0.25, -0.2) is 0 Å². The third kappa shape index (κ3) is 12.4. The summed E-state index contributed by atoms with van der Waals surface area (Å²) in [6.07, 6.45) is 6.06. The first-order valence-corrected chi connectivity index (χ1v) is 21.1. The fourth-order valence-electron chi connectivity index (χ4n) is 7.81. The molecule has 3 rings (SSSR count). The number of carbonyl (C=O) groups excluding carboxylic acids is 6. The number of nitrogens with zero attached hydrogens (tertiary/aromatic N) is 2. The van der Waals surface area contributed by atoms with Crippen LogP contribution in [0.4, 0.5) is 0 Å². The predicted octanol–water partition coefficient (Wildman–Crippen LogP) is 3.32. The highest BCUT2D eigenvalue weighted by molar-refractivity contribution is 7.98. The molecule has 4 N–H and O–H groups in total. The van der Waals surface area contributed by atoms with Crippen LogP contribution < -0.4 is 21.3 Å². The second kappa shape index (κ2) is 19.2. The van der Waals surface area contributed by atoms with Crippen molar-refractivity contribution in [1.29, 1.82) is 0 Å². The Morgan fingerprint density at radius 1 is 0.962 bits per heavy atom. The van der Waals surface area contributed by atoms with Gasteiger partial charge in [0.2, 0.25) is 29.5 Å². The van der Waals surface area contributed by atoms with Gasteiger partial charge in [-0.2, -0.15) is 11.8 Å². The van der Waals surface area contributed by atoms with Crippen molar-refractivity contribution in [2.45, 2.75) is 187 Å². The monoisotopic (exact) mass is 764 g/mol. The molecule has 0 aromatic rings. The second-order valence-corrected chi connectivity index (χ2v) is 18.1. The number of thioether (sulfide) groups is 1. The fraction of sp³-hybridized carbons (Fsp3) is 0.846. The smallest absolute Gasteiger partial charge is 0.245 e. The molecule has 0 saturated carbocycles. The molecule has 302 valence electrons. The van der Waals surface area contributed by atoms with E-state index in [9.17, 15) is 28.8 Å². The first kappa shape index (κ1) is 44.7. The number of nitrogens with one attached hydrogen (secondary N) is 4. The fourth-order valence-corrected chi connectivity index (χ4v) is 8.28.